The zero-order valence-electron chi connectivity index (χ0n) is 12.0. The van der Waals surface area contributed by atoms with E-state index in [0.29, 0.717) is 11.4 Å². The van der Waals surface area contributed by atoms with Crippen LogP contribution in [0.15, 0.2) is 48.5 Å². The molecule has 2 aromatic rings. The second-order valence-corrected chi connectivity index (χ2v) is 4.91. The van der Waals surface area contributed by atoms with Crippen LogP contribution >= 0.6 is 0 Å². The molecule has 0 bridgehead atoms. The SMILES string of the molecule is CN(C)Cc1cccc(OC(=O)Nc2ccc(F)cc2)c1. The summed E-state index contributed by atoms with van der Waals surface area (Å²) in [5.41, 5.74) is 1.53. The molecule has 0 heterocycles. The maximum absolute atomic E-state index is 12.8. The number of benzene rings is 2. The Morgan fingerprint density at radius 3 is 2.57 bits per heavy atom. The Morgan fingerprint density at radius 1 is 1.19 bits per heavy atom. The van der Waals surface area contributed by atoms with Crippen LogP contribution in [0.5, 0.6) is 5.75 Å². The third-order valence-corrected chi connectivity index (χ3v) is 2.70. The van der Waals surface area contributed by atoms with Gasteiger partial charge in [-0.1, -0.05) is 12.1 Å². The second kappa shape index (κ2) is 6.85. The van der Waals surface area contributed by atoms with Crippen molar-refractivity contribution >= 4 is 11.8 Å². The summed E-state index contributed by atoms with van der Waals surface area (Å²) in [7, 11) is 3.93. The summed E-state index contributed by atoms with van der Waals surface area (Å²) < 4.78 is 18.0. The Bertz CT molecular complexity index is 612. The van der Waals surface area contributed by atoms with Crippen molar-refractivity contribution in [2.45, 2.75) is 6.54 Å². The maximum atomic E-state index is 12.8. The Labute approximate surface area is 123 Å². The molecule has 110 valence electrons. The number of carbonyl (C=O) groups excluding carboxylic acids is 1. The number of rotatable bonds is 4. The molecule has 0 radical (unpaired) electrons. The van der Waals surface area contributed by atoms with E-state index < -0.39 is 6.09 Å². The smallest absolute Gasteiger partial charge is 0.410 e. The van der Waals surface area contributed by atoms with Crippen LogP contribution in [-0.2, 0) is 6.54 Å². The van der Waals surface area contributed by atoms with Crippen LogP contribution < -0.4 is 10.1 Å². The Kier molecular flexibility index (Phi) is 4.90. The fraction of sp³-hybridized carbons (Fsp3) is 0.188. The molecule has 4 nitrogen and oxygen atoms in total. The van der Waals surface area contributed by atoms with E-state index in [2.05, 4.69) is 5.32 Å². The average molecular weight is 288 g/mol. The van der Waals surface area contributed by atoms with Gasteiger partial charge in [-0.15, -0.1) is 0 Å². The standard InChI is InChI=1S/C16H17FN2O2/c1-19(2)11-12-4-3-5-15(10-12)21-16(20)18-14-8-6-13(17)7-9-14/h3-10H,11H2,1-2H3,(H,18,20). The molecule has 0 aliphatic heterocycles. The molecule has 0 aliphatic carbocycles. The van der Waals surface area contributed by atoms with Crippen LogP contribution in [0.1, 0.15) is 5.56 Å². The molecule has 1 amide bonds. The van der Waals surface area contributed by atoms with Crippen LogP contribution in [-0.4, -0.2) is 25.1 Å². The predicted octanol–water partition coefficient (Wildman–Crippen LogP) is 3.50. The van der Waals surface area contributed by atoms with Crippen molar-refractivity contribution in [3.05, 3.63) is 59.9 Å². The van der Waals surface area contributed by atoms with Crippen LogP contribution in [0.4, 0.5) is 14.9 Å². The van der Waals surface area contributed by atoms with Gasteiger partial charge in [-0.2, -0.15) is 0 Å². The molecule has 2 rings (SSSR count). The predicted molar refractivity (Wildman–Crippen MR) is 79.9 cm³/mol. The summed E-state index contributed by atoms with van der Waals surface area (Å²) in [6.07, 6.45) is -0.608. The van der Waals surface area contributed by atoms with E-state index in [-0.39, 0.29) is 5.82 Å². The molecule has 0 unspecified atom stereocenters. The van der Waals surface area contributed by atoms with E-state index in [1.807, 2.05) is 37.2 Å². The van der Waals surface area contributed by atoms with Gasteiger partial charge >= 0.3 is 6.09 Å². The lowest BCUT2D eigenvalue weighted by atomic mass is 10.2. The third-order valence-electron chi connectivity index (χ3n) is 2.70. The molecule has 0 fully saturated rings. The van der Waals surface area contributed by atoms with Crippen molar-refractivity contribution in [1.82, 2.24) is 4.90 Å². The number of anilines is 1. The van der Waals surface area contributed by atoms with E-state index in [9.17, 15) is 9.18 Å². The summed E-state index contributed by atoms with van der Waals surface area (Å²) >= 11 is 0. The number of nitrogens with one attached hydrogen (secondary N) is 1. The van der Waals surface area contributed by atoms with Gasteiger partial charge in [0, 0.05) is 12.2 Å². The lowest BCUT2D eigenvalue weighted by molar-refractivity contribution is 0.215. The van der Waals surface area contributed by atoms with Gasteiger partial charge in [-0.05, 0) is 56.1 Å². The Hall–Kier alpha value is -2.40. The van der Waals surface area contributed by atoms with Gasteiger partial charge in [-0.25, -0.2) is 9.18 Å². The normalized spacial score (nSPS) is 10.5. The minimum Gasteiger partial charge on any atom is -0.410 e. The van der Waals surface area contributed by atoms with Crippen LogP contribution in [0.25, 0.3) is 0 Å². The van der Waals surface area contributed by atoms with Crippen LogP contribution in [0.3, 0.4) is 0 Å². The highest BCUT2D eigenvalue weighted by Gasteiger charge is 2.06. The molecule has 0 saturated carbocycles. The maximum Gasteiger partial charge on any atom is 0.417 e. The van der Waals surface area contributed by atoms with Crippen molar-refractivity contribution in [3.8, 4) is 5.75 Å². The van der Waals surface area contributed by atoms with Crippen molar-refractivity contribution in [1.29, 1.82) is 0 Å². The molecule has 0 spiro atoms. The van der Waals surface area contributed by atoms with Gasteiger partial charge in [-0.3, -0.25) is 5.32 Å². The van der Waals surface area contributed by atoms with Gasteiger partial charge in [0.2, 0.25) is 0 Å². The van der Waals surface area contributed by atoms with Crippen molar-refractivity contribution in [2.75, 3.05) is 19.4 Å². The number of hydrogen-bond acceptors (Lipinski definition) is 3. The van der Waals surface area contributed by atoms with E-state index >= 15 is 0 Å². The highest BCUT2D eigenvalue weighted by molar-refractivity contribution is 5.86. The minimum absolute atomic E-state index is 0.356. The molecule has 2 aromatic carbocycles. The summed E-state index contributed by atoms with van der Waals surface area (Å²) in [4.78, 5) is 13.8. The average Bonchev–Trinajstić information content (AvgIpc) is 2.41. The largest absolute Gasteiger partial charge is 0.417 e. The van der Waals surface area contributed by atoms with E-state index in [1.54, 1.807) is 6.07 Å². The third kappa shape index (κ3) is 4.89. The highest BCUT2D eigenvalue weighted by Crippen LogP contribution is 2.16. The number of carbonyl (C=O) groups is 1. The molecule has 0 aromatic heterocycles. The van der Waals surface area contributed by atoms with Crippen LogP contribution in [0, 0.1) is 5.82 Å². The summed E-state index contributed by atoms with van der Waals surface area (Å²) in [5.74, 6) is 0.110. The molecule has 5 heteroatoms. The summed E-state index contributed by atoms with van der Waals surface area (Å²) in [5, 5.41) is 2.54. The second-order valence-electron chi connectivity index (χ2n) is 4.91. The topological polar surface area (TPSA) is 41.6 Å². The number of hydrogen-bond donors (Lipinski definition) is 1. The molecule has 21 heavy (non-hydrogen) atoms. The Balaban J connectivity index is 1.97. The summed E-state index contributed by atoms with van der Waals surface area (Å²) in [6.45, 7) is 0.761. The van der Waals surface area contributed by atoms with Gasteiger partial charge in [0.25, 0.3) is 0 Å². The first kappa shape index (κ1) is 15.0. The van der Waals surface area contributed by atoms with E-state index in [1.165, 1.54) is 24.3 Å². The molecule has 0 atom stereocenters. The minimum atomic E-state index is -0.608. The van der Waals surface area contributed by atoms with E-state index in [4.69, 9.17) is 4.74 Å². The molecule has 0 aliphatic rings. The lowest BCUT2D eigenvalue weighted by Crippen LogP contribution is -2.17. The van der Waals surface area contributed by atoms with Gasteiger partial charge in [0.05, 0.1) is 0 Å². The molecular weight excluding hydrogens is 271 g/mol. The first-order chi connectivity index (χ1) is 10.0. The van der Waals surface area contributed by atoms with Crippen molar-refractivity contribution < 1.29 is 13.9 Å². The number of amides is 1. The zero-order chi connectivity index (χ0) is 15.2. The lowest BCUT2D eigenvalue weighted by Gasteiger charge is -2.11. The summed E-state index contributed by atoms with van der Waals surface area (Å²) in [6, 6.07) is 12.8. The number of nitrogens with zero attached hydrogens (tertiary/aromatic N) is 1. The fourth-order valence-electron chi connectivity index (χ4n) is 1.86. The van der Waals surface area contributed by atoms with Crippen LogP contribution in [0.2, 0.25) is 0 Å². The van der Waals surface area contributed by atoms with Crippen molar-refractivity contribution in [2.24, 2.45) is 0 Å². The quantitative estimate of drug-likeness (QED) is 0.936. The number of halogens is 1. The molecule has 0 saturated heterocycles. The monoisotopic (exact) mass is 288 g/mol. The first-order valence-electron chi connectivity index (χ1n) is 6.51. The Morgan fingerprint density at radius 2 is 1.90 bits per heavy atom. The molecular formula is C16H17FN2O2. The van der Waals surface area contributed by atoms with E-state index in [0.717, 1.165) is 12.1 Å². The fourth-order valence-corrected chi connectivity index (χ4v) is 1.86. The highest BCUT2D eigenvalue weighted by atomic mass is 19.1. The molecule has 1 N–H and O–H groups in total. The first-order valence-corrected chi connectivity index (χ1v) is 6.51. The zero-order valence-corrected chi connectivity index (χ0v) is 12.0. The van der Waals surface area contributed by atoms with Crippen molar-refractivity contribution in [3.63, 3.8) is 0 Å². The van der Waals surface area contributed by atoms with Gasteiger partial charge in [0.15, 0.2) is 0 Å². The van der Waals surface area contributed by atoms with Gasteiger partial charge in [0.1, 0.15) is 11.6 Å². The van der Waals surface area contributed by atoms with Gasteiger partial charge < -0.3 is 9.64 Å². The number of ether oxygens (including phenoxy) is 1.